The molecule has 198 valence electrons. The molecule has 3 amide bonds. The molecule has 3 rings (SSSR count). The van der Waals surface area contributed by atoms with Crippen LogP contribution in [0.2, 0.25) is 0 Å². The van der Waals surface area contributed by atoms with Crippen LogP contribution in [0.1, 0.15) is 47.1 Å². The molecule has 2 atom stereocenters. The third-order valence-electron chi connectivity index (χ3n) is 5.90. The number of thiazole rings is 1. The van der Waals surface area contributed by atoms with Crippen molar-refractivity contribution in [3.05, 3.63) is 52.0 Å². The lowest BCUT2D eigenvalue weighted by Crippen LogP contribution is -2.48. The molecule has 1 aliphatic heterocycles. The van der Waals surface area contributed by atoms with Crippen molar-refractivity contribution in [3.8, 4) is 0 Å². The number of aliphatic imine (C=N–C) groups is 1. The SMILES string of the molecule is CC(N)=NCCC[C@H](NC(=O)CN1CC[C@H](NC(=O)Cc2ccc(CN)cc2)C1=O)C(=O)c1nccs1. The van der Waals surface area contributed by atoms with Crippen molar-refractivity contribution < 1.29 is 19.2 Å². The summed E-state index contributed by atoms with van der Waals surface area (Å²) in [5.41, 5.74) is 12.9. The molecule has 0 spiro atoms. The molecule has 12 heteroatoms. The van der Waals surface area contributed by atoms with Gasteiger partial charge in [0.25, 0.3) is 0 Å². The number of rotatable bonds is 13. The van der Waals surface area contributed by atoms with Crippen LogP contribution in [0.3, 0.4) is 0 Å². The fourth-order valence-electron chi connectivity index (χ4n) is 3.98. The lowest BCUT2D eigenvalue weighted by Gasteiger charge is -2.20. The van der Waals surface area contributed by atoms with Crippen LogP contribution in [0.5, 0.6) is 0 Å². The highest BCUT2D eigenvalue weighted by Crippen LogP contribution is 2.14. The predicted octanol–water partition coefficient (Wildman–Crippen LogP) is 0.386. The molecular weight excluding hydrogens is 494 g/mol. The van der Waals surface area contributed by atoms with Crippen molar-refractivity contribution in [1.82, 2.24) is 20.5 Å². The van der Waals surface area contributed by atoms with Gasteiger partial charge in [0.2, 0.25) is 23.5 Å². The summed E-state index contributed by atoms with van der Waals surface area (Å²) in [7, 11) is 0. The maximum atomic E-state index is 12.9. The highest BCUT2D eigenvalue weighted by molar-refractivity contribution is 7.11. The molecule has 1 aromatic heterocycles. The van der Waals surface area contributed by atoms with Gasteiger partial charge in [-0.1, -0.05) is 24.3 Å². The van der Waals surface area contributed by atoms with Gasteiger partial charge in [-0.25, -0.2) is 4.98 Å². The van der Waals surface area contributed by atoms with Crippen LogP contribution in [-0.2, 0) is 27.3 Å². The number of nitrogens with one attached hydrogen (secondary N) is 2. The number of hydrogen-bond donors (Lipinski definition) is 4. The molecule has 0 unspecified atom stereocenters. The molecule has 2 heterocycles. The number of ketones is 1. The van der Waals surface area contributed by atoms with E-state index >= 15 is 0 Å². The Morgan fingerprint density at radius 2 is 1.95 bits per heavy atom. The highest BCUT2D eigenvalue weighted by Gasteiger charge is 2.34. The molecule has 1 aliphatic rings. The van der Waals surface area contributed by atoms with Gasteiger partial charge in [-0.05, 0) is 37.3 Å². The Balaban J connectivity index is 1.51. The van der Waals surface area contributed by atoms with E-state index in [0.717, 1.165) is 11.1 Å². The zero-order valence-electron chi connectivity index (χ0n) is 20.8. The summed E-state index contributed by atoms with van der Waals surface area (Å²) in [6, 6.07) is 5.93. The minimum atomic E-state index is -0.786. The Morgan fingerprint density at radius 3 is 2.59 bits per heavy atom. The fourth-order valence-corrected chi connectivity index (χ4v) is 4.61. The third-order valence-corrected chi connectivity index (χ3v) is 6.69. The fraction of sp³-hybridized carbons (Fsp3) is 0.440. The van der Waals surface area contributed by atoms with Crippen molar-refractivity contribution in [3.63, 3.8) is 0 Å². The zero-order chi connectivity index (χ0) is 26.8. The second-order valence-electron chi connectivity index (χ2n) is 8.85. The van der Waals surface area contributed by atoms with E-state index in [1.54, 1.807) is 12.3 Å². The minimum Gasteiger partial charge on any atom is -0.388 e. The molecular formula is C25H33N7O4S. The molecule has 6 N–H and O–H groups in total. The standard InChI is InChI=1S/C25H33N7O4S/c1-16(27)28-9-2-3-19(23(35)24-29-10-12-37-24)30-22(34)15-32-11-8-20(25(32)36)31-21(33)13-17-4-6-18(14-26)7-5-17/h4-7,10,12,19-20H,2-3,8-9,11,13-15,26H2,1H3,(H2,27,28)(H,30,34)(H,31,33)/t19-,20-/m0/s1. The molecule has 37 heavy (non-hydrogen) atoms. The lowest BCUT2D eigenvalue weighted by atomic mass is 10.1. The molecule has 0 bridgehead atoms. The number of aromatic nitrogens is 1. The van der Waals surface area contributed by atoms with Gasteiger partial charge in [0.1, 0.15) is 6.04 Å². The minimum absolute atomic E-state index is 0.142. The van der Waals surface area contributed by atoms with Gasteiger partial charge in [-0.15, -0.1) is 11.3 Å². The van der Waals surface area contributed by atoms with E-state index in [2.05, 4.69) is 20.6 Å². The number of carbonyl (C=O) groups is 4. The topological polar surface area (TPSA) is 173 Å². The Labute approximate surface area is 219 Å². The molecule has 0 aliphatic carbocycles. The molecule has 1 saturated heterocycles. The van der Waals surface area contributed by atoms with Gasteiger partial charge in [0.05, 0.1) is 24.8 Å². The third kappa shape index (κ3) is 8.46. The predicted molar refractivity (Wildman–Crippen MR) is 141 cm³/mol. The monoisotopic (exact) mass is 527 g/mol. The van der Waals surface area contributed by atoms with Crippen LogP contribution in [0, 0.1) is 0 Å². The first-order chi connectivity index (χ1) is 17.8. The van der Waals surface area contributed by atoms with E-state index in [1.807, 2.05) is 24.3 Å². The quantitative estimate of drug-likeness (QED) is 0.126. The van der Waals surface area contributed by atoms with E-state index in [0.29, 0.717) is 49.7 Å². The van der Waals surface area contributed by atoms with E-state index in [9.17, 15) is 19.2 Å². The van der Waals surface area contributed by atoms with Gasteiger partial charge in [-0.3, -0.25) is 24.2 Å². The number of nitrogens with two attached hydrogens (primary N) is 2. The van der Waals surface area contributed by atoms with Gasteiger partial charge in [0, 0.05) is 31.2 Å². The summed E-state index contributed by atoms with van der Waals surface area (Å²) >= 11 is 1.20. The van der Waals surface area contributed by atoms with Crippen LogP contribution in [0.25, 0.3) is 0 Å². The first-order valence-corrected chi connectivity index (χ1v) is 13.0. The van der Waals surface area contributed by atoms with Gasteiger partial charge >= 0.3 is 0 Å². The average Bonchev–Trinajstić information content (AvgIpc) is 3.52. The number of carbonyl (C=O) groups excluding carboxylic acids is 4. The van der Waals surface area contributed by atoms with Crippen LogP contribution in [0.4, 0.5) is 0 Å². The van der Waals surface area contributed by atoms with Crippen molar-refractivity contribution in [2.75, 3.05) is 19.6 Å². The molecule has 2 aromatic rings. The molecule has 0 radical (unpaired) electrons. The maximum Gasteiger partial charge on any atom is 0.245 e. The zero-order valence-corrected chi connectivity index (χ0v) is 21.6. The first-order valence-electron chi connectivity index (χ1n) is 12.1. The van der Waals surface area contributed by atoms with Crippen molar-refractivity contribution >= 4 is 40.7 Å². The second-order valence-corrected chi connectivity index (χ2v) is 9.75. The number of likely N-dealkylation sites (tertiary alicyclic amines) is 1. The van der Waals surface area contributed by atoms with Gasteiger partial charge in [0.15, 0.2) is 5.01 Å². The summed E-state index contributed by atoms with van der Waals surface area (Å²) in [5, 5.41) is 7.51. The van der Waals surface area contributed by atoms with Crippen LogP contribution in [0.15, 0.2) is 40.8 Å². The average molecular weight is 528 g/mol. The number of hydrogen-bond acceptors (Lipinski definition) is 8. The Morgan fingerprint density at radius 1 is 1.22 bits per heavy atom. The number of amides is 3. The van der Waals surface area contributed by atoms with Crippen molar-refractivity contribution in [1.29, 1.82) is 0 Å². The summed E-state index contributed by atoms with van der Waals surface area (Å²) < 4.78 is 0. The van der Waals surface area contributed by atoms with E-state index in [-0.39, 0.29) is 30.6 Å². The van der Waals surface area contributed by atoms with E-state index in [4.69, 9.17) is 11.5 Å². The molecule has 1 aromatic carbocycles. The summed E-state index contributed by atoms with van der Waals surface area (Å²) in [5.74, 6) is -0.874. The number of benzene rings is 1. The highest BCUT2D eigenvalue weighted by atomic mass is 32.1. The molecule has 11 nitrogen and oxygen atoms in total. The maximum absolute atomic E-state index is 12.9. The van der Waals surface area contributed by atoms with Crippen LogP contribution >= 0.6 is 11.3 Å². The van der Waals surface area contributed by atoms with E-state index < -0.39 is 18.0 Å². The van der Waals surface area contributed by atoms with Crippen molar-refractivity contribution in [2.24, 2.45) is 16.5 Å². The smallest absolute Gasteiger partial charge is 0.245 e. The number of nitrogens with zero attached hydrogens (tertiary/aromatic N) is 3. The van der Waals surface area contributed by atoms with E-state index in [1.165, 1.54) is 22.4 Å². The van der Waals surface area contributed by atoms with Crippen LogP contribution in [-0.4, -0.2) is 70.9 Å². The van der Waals surface area contributed by atoms with Crippen molar-refractivity contribution in [2.45, 2.75) is 51.2 Å². The summed E-state index contributed by atoms with van der Waals surface area (Å²) in [6.45, 7) is 2.67. The molecule has 0 saturated carbocycles. The summed E-state index contributed by atoms with van der Waals surface area (Å²) in [4.78, 5) is 60.5. The van der Waals surface area contributed by atoms with Gasteiger partial charge < -0.3 is 27.0 Å². The first kappa shape index (κ1) is 27.9. The molecule has 1 fully saturated rings. The normalized spacial score (nSPS) is 16.5. The largest absolute Gasteiger partial charge is 0.388 e. The van der Waals surface area contributed by atoms with Crippen LogP contribution < -0.4 is 22.1 Å². The number of amidine groups is 1. The number of Topliss-reactive ketones (excluding diaryl/α,β-unsaturated/α-hetero) is 1. The Kier molecular flexibility index (Phi) is 10.3. The lowest BCUT2D eigenvalue weighted by molar-refractivity contribution is -0.135. The Bertz CT molecular complexity index is 1110. The van der Waals surface area contributed by atoms with Gasteiger partial charge in [-0.2, -0.15) is 0 Å². The Hall–Kier alpha value is -3.64. The second kappa shape index (κ2) is 13.6. The summed E-state index contributed by atoms with van der Waals surface area (Å²) in [6.07, 6.45) is 2.98.